The smallest absolute Gasteiger partial charge is 0.207 e. The van der Waals surface area contributed by atoms with Gasteiger partial charge in [0, 0.05) is 4.90 Å². The number of alkyl halides is 2. The van der Waals surface area contributed by atoms with Gasteiger partial charge in [0.15, 0.2) is 0 Å². The lowest BCUT2D eigenvalue weighted by Crippen LogP contribution is -2.37. The molecule has 0 saturated heterocycles. The Kier molecular flexibility index (Phi) is 11.0. The van der Waals surface area contributed by atoms with Gasteiger partial charge in [-0.2, -0.15) is 0 Å². The fourth-order valence-corrected chi connectivity index (χ4v) is 1.77. The number of benzene rings is 1. The highest BCUT2D eigenvalue weighted by atomic mass is 35.5. The van der Waals surface area contributed by atoms with Crippen LogP contribution in [0.5, 0.6) is 0 Å². The van der Waals surface area contributed by atoms with E-state index in [9.17, 15) is 9.90 Å². The maximum absolute atomic E-state index is 10.3. The van der Waals surface area contributed by atoms with Crippen molar-refractivity contribution < 1.29 is 15.0 Å². The maximum Gasteiger partial charge on any atom is 0.207 e. The van der Waals surface area contributed by atoms with Gasteiger partial charge in [0.05, 0.1) is 12.6 Å². The minimum Gasteiger partial charge on any atom is -0.394 e. The average molecular weight is 340 g/mol. The Morgan fingerprint density at radius 1 is 1.35 bits per heavy atom. The van der Waals surface area contributed by atoms with Crippen LogP contribution in [-0.4, -0.2) is 40.4 Å². The summed E-state index contributed by atoms with van der Waals surface area (Å²) in [6.45, 7) is 1.40. The number of nitrogens with one attached hydrogen (secondary N) is 1. The SMILES string of the molecule is CC(Cl)Cl.CSc1ccc(C(O)C(CO)NC=O)cc1. The third-order valence-electron chi connectivity index (χ3n) is 2.32. The maximum atomic E-state index is 10.3. The molecule has 0 aliphatic heterocycles. The Morgan fingerprint density at radius 3 is 2.20 bits per heavy atom. The predicted octanol–water partition coefficient (Wildman–Crippen LogP) is 2.36. The summed E-state index contributed by atoms with van der Waals surface area (Å²) in [7, 11) is 0. The minimum atomic E-state index is -0.897. The topological polar surface area (TPSA) is 69.6 Å². The average Bonchev–Trinajstić information content (AvgIpc) is 2.43. The van der Waals surface area contributed by atoms with Gasteiger partial charge in [0.25, 0.3) is 0 Å². The summed E-state index contributed by atoms with van der Waals surface area (Å²) in [6, 6.07) is 6.67. The van der Waals surface area contributed by atoms with Crippen molar-refractivity contribution in [1.82, 2.24) is 5.32 Å². The van der Waals surface area contributed by atoms with E-state index >= 15 is 0 Å². The molecule has 20 heavy (non-hydrogen) atoms. The van der Waals surface area contributed by atoms with E-state index in [1.54, 1.807) is 30.8 Å². The number of carbonyl (C=O) groups is 1. The molecule has 2 unspecified atom stereocenters. The van der Waals surface area contributed by atoms with Crippen molar-refractivity contribution in [1.29, 1.82) is 0 Å². The molecular formula is C13H19Cl2NO3S. The number of rotatable bonds is 6. The van der Waals surface area contributed by atoms with Gasteiger partial charge in [-0.3, -0.25) is 4.79 Å². The Balaban J connectivity index is 0.000000796. The molecule has 0 fully saturated rings. The highest BCUT2D eigenvalue weighted by molar-refractivity contribution is 7.98. The molecule has 0 radical (unpaired) electrons. The van der Waals surface area contributed by atoms with Crippen molar-refractivity contribution in [2.24, 2.45) is 0 Å². The van der Waals surface area contributed by atoms with Crippen LogP contribution in [0.15, 0.2) is 29.2 Å². The number of hydrogen-bond acceptors (Lipinski definition) is 4. The number of aliphatic hydroxyl groups excluding tert-OH is 2. The van der Waals surface area contributed by atoms with Crippen molar-refractivity contribution in [3.05, 3.63) is 29.8 Å². The number of halogens is 2. The third-order valence-corrected chi connectivity index (χ3v) is 3.06. The first kappa shape index (κ1) is 19.5. The molecule has 1 rings (SSSR count). The van der Waals surface area contributed by atoms with Gasteiger partial charge >= 0.3 is 0 Å². The zero-order chi connectivity index (χ0) is 15.5. The van der Waals surface area contributed by atoms with Gasteiger partial charge in [0.2, 0.25) is 6.41 Å². The summed E-state index contributed by atoms with van der Waals surface area (Å²) in [5.74, 6) is 0. The Morgan fingerprint density at radius 2 is 1.85 bits per heavy atom. The highest BCUT2D eigenvalue weighted by Crippen LogP contribution is 2.20. The van der Waals surface area contributed by atoms with Crippen LogP contribution in [0.3, 0.4) is 0 Å². The number of amides is 1. The van der Waals surface area contributed by atoms with Crippen LogP contribution in [0.1, 0.15) is 18.6 Å². The summed E-state index contributed by atoms with van der Waals surface area (Å²) in [5.41, 5.74) is 0.672. The van der Waals surface area contributed by atoms with Crippen LogP contribution in [0.2, 0.25) is 0 Å². The Hall–Kier alpha value is -0.460. The van der Waals surface area contributed by atoms with Gasteiger partial charge in [-0.15, -0.1) is 35.0 Å². The van der Waals surface area contributed by atoms with Gasteiger partial charge in [-0.05, 0) is 30.9 Å². The predicted molar refractivity (Wildman–Crippen MR) is 84.4 cm³/mol. The van der Waals surface area contributed by atoms with Gasteiger partial charge in [0.1, 0.15) is 10.9 Å². The fourth-order valence-electron chi connectivity index (χ4n) is 1.36. The van der Waals surface area contributed by atoms with E-state index in [-0.39, 0.29) is 11.4 Å². The van der Waals surface area contributed by atoms with E-state index in [1.807, 2.05) is 18.4 Å². The van der Waals surface area contributed by atoms with Gasteiger partial charge in [-0.1, -0.05) is 12.1 Å². The zero-order valence-electron chi connectivity index (χ0n) is 11.3. The second-order valence-electron chi connectivity index (χ2n) is 3.81. The molecule has 0 aliphatic carbocycles. The largest absolute Gasteiger partial charge is 0.394 e. The quantitative estimate of drug-likeness (QED) is 0.422. The summed E-state index contributed by atoms with van der Waals surface area (Å²) < 4.78 is 0. The second-order valence-corrected chi connectivity index (χ2v) is 6.22. The van der Waals surface area contributed by atoms with Crippen molar-refractivity contribution in [2.45, 2.75) is 28.8 Å². The monoisotopic (exact) mass is 339 g/mol. The number of hydrogen-bond donors (Lipinski definition) is 3. The summed E-state index contributed by atoms with van der Waals surface area (Å²) >= 11 is 11.7. The first-order valence-corrected chi connectivity index (χ1v) is 7.96. The molecule has 0 heterocycles. The Labute approximate surface area is 133 Å². The molecule has 1 aromatic rings. The molecule has 0 saturated carbocycles. The van der Waals surface area contributed by atoms with E-state index in [1.165, 1.54) is 0 Å². The molecule has 4 nitrogen and oxygen atoms in total. The molecule has 0 aliphatic rings. The second kappa shape index (κ2) is 11.2. The Bertz CT molecular complexity index is 374. The van der Waals surface area contributed by atoms with Crippen molar-refractivity contribution in [3.8, 4) is 0 Å². The third kappa shape index (κ3) is 7.97. The first-order valence-electron chi connectivity index (χ1n) is 5.87. The molecule has 3 N–H and O–H groups in total. The van der Waals surface area contributed by atoms with Gasteiger partial charge < -0.3 is 15.5 Å². The van der Waals surface area contributed by atoms with Crippen LogP contribution in [0.25, 0.3) is 0 Å². The van der Waals surface area contributed by atoms with Gasteiger partial charge in [-0.25, -0.2) is 0 Å². The van der Waals surface area contributed by atoms with Crippen LogP contribution >= 0.6 is 35.0 Å². The molecule has 2 atom stereocenters. The lowest BCUT2D eigenvalue weighted by molar-refractivity contribution is -0.111. The van der Waals surface area contributed by atoms with Crippen molar-refractivity contribution in [2.75, 3.05) is 12.9 Å². The van der Waals surface area contributed by atoms with Crippen molar-refractivity contribution >= 4 is 41.4 Å². The van der Waals surface area contributed by atoms with Crippen molar-refractivity contribution in [3.63, 3.8) is 0 Å². The van der Waals surface area contributed by atoms with Crippen LogP contribution < -0.4 is 5.32 Å². The number of carbonyl (C=O) groups excluding carboxylic acids is 1. The molecule has 0 bridgehead atoms. The highest BCUT2D eigenvalue weighted by Gasteiger charge is 2.19. The summed E-state index contributed by atoms with van der Waals surface area (Å²) in [6.07, 6.45) is 1.54. The van der Waals surface area contributed by atoms with E-state index in [0.29, 0.717) is 12.0 Å². The molecular weight excluding hydrogens is 321 g/mol. The molecule has 0 aromatic heterocycles. The zero-order valence-corrected chi connectivity index (χ0v) is 13.6. The summed E-state index contributed by atoms with van der Waals surface area (Å²) in [4.78, 5) is 11.1. The molecule has 0 spiro atoms. The van der Waals surface area contributed by atoms with Crippen LogP contribution in [0, 0.1) is 0 Å². The van der Waals surface area contributed by atoms with E-state index in [4.69, 9.17) is 28.3 Å². The lowest BCUT2D eigenvalue weighted by atomic mass is 10.0. The van der Waals surface area contributed by atoms with E-state index in [0.717, 1.165) is 4.90 Å². The van der Waals surface area contributed by atoms with E-state index in [2.05, 4.69) is 5.32 Å². The fraction of sp³-hybridized carbons (Fsp3) is 0.462. The normalized spacial score (nSPS) is 13.2. The minimum absolute atomic E-state index is 0.222. The first-order chi connectivity index (χ1) is 9.46. The van der Waals surface area contributed by atoms with Crippen LogP contribution in [0.4, 0.5) is 0 Å². The molecule has 1 aromatic carbocycles. The molecule has 7 heteroatoms. The number of thioether (sulfide) groups is 1. The lowest BCUT2D eigenvalue weighted by Gasteiger charge is -2.20. The summed E-state index contributed by atoms with van der Waals surface area (Å²) in [5, 5.41) is 21.3. The molecule has 114 valence electrons. The van der Waals surface area contributed by atoms with E-state index < -0.39 is 12.1 Å². The molecule has 1 amide bonds. The number of aliphatic hydroxyl groups is 2. The standard InChI is InChI=1S/C11H15NO3S.C2H4Cl2/c1-16-9-4-2-8(3-5-9)11(15)10(6-13)12-7-14;1-2(3)4/h2-5,7,10-11,13,15H,6H2,1H3,(H,12,14);2H,1H3. The van der Waals surface area contributed by atoms with Crippen LogP contribution in [-0.2, 0) is 4.79 Å².